The molecule has 0 aliphatic carbocycles. The van der Waals surface area contributed by atoms with Crippen molar-refractivity contribution in [2.75, 3.05) is 0 Å². The zero-order chi connectivity index (χ0) is 18.4. The SMILES string of the molecule is NS(=O)(=O)c1cc(C(=O)c2cc3ccccc3o2)ccc1C(F)(F)F. The van der Waals surface area contributed by atoms with Crippen LogP contribution in [0.1, 0.15) is 21.7 Å². The van der Waals surface area contributed by atoms with Crippen LogP contribution in [0.5, 0.6) is 0 Å². The summed E-state index contributed by atoms with van der Waals surface area (Å²) in [4.78, 5) is 11.3. The van der Waals surface area contributed by atoms with Crippen LogP contribution in [-0.2, 0) is 16.2 Å². The van der Waals surface area contributed by atoms with Gasteiger partial charge in [0.05, 0.1) is 10.5 Å². The van der Waals surface area contributed by atoms with Gasteiger partial charge < -0.3 is 4.42 Å². The van der Waals surface area contributed by atoms with Crippen molar-refractivity contribution in [2.45, 2.75) is 11.1 Å². The first-order chi connectivity index (χ1) is 11.6. The molecule has 0 aliphatic heterocycles. The van der Waals surface area contributed by atoms with Crippen LogP contribution >= 0.6 is 0 Å². The van der Waals surface area contributed by atoms with Gasteiger partial charge in [0.1, 0.15) is 5.58 Å². The Hall–Kier alpha value is -2.65. The molecule has 3 rings (SSSR count). The molecular formula is C16H10F3NO4S. The quantitative estimate of drug-likeness (QED) is 0.717. The number of para-hydroxylation sites is 1. The Morgan fingerprint density at radius 3 is 2.32 bits per heavy atom. The lowest BCUT2D eigenvalue weighted by atomic mass is 10.1. The Morgan fingerprint density at radius 1 is 1.04 bits per heavy atom. The summed E-state index contributed by atoms with van der Waals surface area (Å²) >= 11 is 0. The van der Waals surface area contributed by atoms with Crippen molar-refractivity contribution in [1.82, 2.24) is 0 Å². The minimum Gasteiger partial charge on any atom is -0.453 e. The lowest BCUT2D eigenvalue weighted by Crippen LogP contribution is -2.20. The molecule has 0 bridgehead atoms. The molecule has 0 aliphatic rings. The van der Waals surface area contributed by atoms with Crippen molar-refractivity contribution in [2.24, 2.45) is 5.14 Å². The molecule has 9 heteroatoms. The number of carbonyl (C=O) groups is 1. The molecule has 130 valence electrons. The van der Waals surface area contributed by atoms with Crippen molar-refractivity contribution in [3.63, 3.8) is 0 Å². The van der Waals surface area contributed by atoms with E-state index in [1.807, 2.05) is 0 Å². The molecule has 0 amide bonds. The number of nitrogens with two attached hydrogens (primary N) is 1. The Balaban J connectivity index is 2.12. The number of sulfonamides is 1. The first-order valence-corrected chi connectivity index (χ1v) is 8.39. The average Bonchev–Trinajstić information content (AvgIpc) is 2.96. The van der Waals surface area contributed by atoms with Crippen LogP contribution in [0.25, 0.3) is 11.0 Å². The van der Waals surface area contributed by atoms with Gasteiger partial charge in [-0.1, -0.05) is 24.3 Å². The van der Waals surface area contributed by atoms with Crippen LogP contribution in [0.15, 0.2) is 57.8 Å². The number of furan rings is 1. The first-order valence-electron chi connectivity index (χ1n) is 6.85. The monoisotopic (exact) mass is 369 g/mol. The third-order valence-corrected chi connectivity index (χ3v) is 4.46. The van der Waals surface area contributed by atoms with Gasteiger partial charge in [-0.15, -0.1) is 0 Å². The average molecular weight is 369 g/mol. The molecule has 0 saturated carbocycles. The highest BCUT2D eigenvalue weighted by molar-refractivity contribution is 7.89. The molecule has 0 unspecified atom stereocenters. The third-order valence-electron chi connectivity index (χ3n) is 3.51. The largest absolute Gasteiger partial charge is 0.453 e. The van der Waals surface area contributed by atoms with E-state index in [-0.39, 0.29) is 11.3 Å². The summed E-state index contributed by atoms with van der Waals surface area (Å²) < 4.78 is 67.2. The highest BCUT2D eigenvalue weighted by Gasteiger charge is 2.37. The van der Waals surface area contributed by atoms with Crippen molar-refractivity contribution >= 4 is 26.8 Å². The van der Waals surface area contributed by atoms with Crippen LogP contribution in [0.2, 0.25) is 0 Å². The number of benzene rings is 2. The smallest absolute Gasteiger partial charge is 0.417 e. The minimum atomic E-state index is -4.93. The second kappa shape index (κ2) is 5.71. The zero-order valence-corrected chi connectivity index (χ0v) is 13.2. The summed E-state index contributed by atoms with van der Waals surface area (Å²) in [5, 5.41) is 5.49. The minimum absolute atomic E-state index is 0.124. The highest BCUT2D eigenvalue weighted by atomic mass is 32.2. The van der Waals surface area contributed by atoms with Gasteiger partial charge in [0.2, 0.25) is 15.8 Å². The van der Waals surface area contributed by atoms with Gasteiger partial charge in [0.25, 0.3) is 0 Å². The van der Waals surface area contributed by atoms with Crippen LogP contribution in [0.4, 0.5) is 13.2 Å². The fourth-order valence-corrected chi connectivity index (χ4v) is 3.15. The van der Waals surface area contributed by atoms with Crippen LogP contribution in [0, 0.1) is 0 Å². The standard InChI is InChI=1S/C16H10F3NO4S/c17-16(18,19)11-6-5-10(8-14(11)25(20,22)23)15(21)13-7-9-3-1-2-4-12(9)24-13/h1-8H,(H2,20,22,23). The molecule has 2 N–H and O–H groups in total. The summed E-state index contributed by atoms with van der Waals surface area (Å²) in [6, 6.07) is 10.1. The fourth-order valence-electron chi connectivity index (χ4n) is 2.37. The van der Waals surface area contributed by atoms with Crippen molar-refractivity contribution < 1.29 is 30.8 Å². The van der Waals surface area contributed by atoms with E-state index < -0.39 is 32.4 Å². The molecule has 1 heterocycles. The number of fused-ring (bicyclic) bond motifs is 1. The van der Waals surface area contributed by atoms with E-state index in [4.69, 9.17) is 9.56 Å². The van der Waals surface area contributed by atoms with Crippen LogP contribution in [0.3, 0.4) is 0 Å². The maximum atomic E-state index is 13.0. The third kappa shape index (κ3) is 3.28. The lowest BCUT2D eigenvalue weighted by Gasteiger charge is -2.12. The van der Waals surface area contributed by atoms with Gasteiger partial charge in [-0.25, -0.2) is 13.6 Å². The van der Waals surface area contributed by atoms with E-state index in [0.717, 1.165) is 6.07 Å². The van der Waals surface area contributed by atoms with Gasteiger partial charge in [-0.05, 0) is 24.3 Å². The van der Waals surface area contributed by atoms with Gasteiger partial charge in [0, 0.05) is 10.9 Å². The number of hydrogen-bond donors (Lipinski definition) is 1. The van der Waals surface area contributed by atoms with Gasteiger partial charge in [-0.2, -0.15) is 13.2 Å². The predicted molar refractivity (Wildman–Crippen MR) is 82.5 cm³/mol. The van der Waals surface area contributed by atoms with Crippen LogP contribution in [-0.4, -0.2) is 14.2 Å². The molecule has 3 aromatic rings. The van der Waals surface area contributed by atoms with E-state index >= 15 is 0 Å². The summed E-state index contributed by atoms with van der Waals surface area (Å²) in [6.07, 6.45) is -4.93. The Kier molecular flexibility index (Phi) is 3.92. The molecule has 2 aromatic carbocycles. The van der Waals surface area contributed by atoms with Gasteiger partial charge >= 0.3 is 6.18 Å². The predicted octanol–water partition coefficient (Wildman–Crippen LogP) is 3.33. The number of carbonyl (C=O) groups excluding carboxylic acids is 1. The van der Waals surface area contributed by atoms with Gasteiger partial charge in [-0.3, -0.25) is 4.79 Å². The molecule has 0 fully saturated rings. The summed E-state index contributed by atoms with van der Waals surface area (Å²) in [5.41, 5.74) is -1.29. The highest BCUT2D eigenvalue weighted by Crippen LogP contribution is 2.34. The topological polar surface area (TPSA) is 90.4 Å². The number of primary sulfonamides is 1. The van der Waals surface area contributed by atoms with Gasteiger partial charge in [0.15, 0.2) is 5.76 Å². The van der Waals surface area contributed by atoms with E-state index in [0.29, 0.717) is 23.1 Å². The number of rotatable bonds is 3. The van der Waals surface area contributed by atoms with E-state index in [1.54, 1.807) is 24.3 Å². The van der Waals surface area contributed by atoms with E-state index in [2.05, 4.69) is 0 Å². The molecule has 25 heavy (non-hydrogen) atoms. The number of ketones is 1. The van der Waals surface area contributed by atoms with Crippen molar-refractivity contribution in [3.8, 4) is 0 Å². The summed E-state index contributed by atoms with van der Waals surface area (Å²) in [5.74, 6) is -0.879. The van der Waals surface area contributed by atoms with Crippen LogP contribution < -0.4 is 5.14 Å². The molecule has 0 saturated heterocycles. The zero-order valence-electron chi connectivity index (χ0n) is 12.4. The molecule has 0 radical (unpaired) electrons. The summed E-state index contributed by atoms with van der Waals surface area (Å²) in [6.45, 7) is 0. The normalized spacial score (nSPS) is 12.5. The Bertz CT molecular complexity index is 1050. The van der Waals surface area contributed by atoms with Crippen molar-refractivity contribution in [1.29, 1.82) is 0 Å². The number of alkyl halides is 3. The Morgan fingerprint density at radius 2 is 1.72 bits per heavy atom. The first kappa shape index (κ1) is 17.2. The summed E-state index contributed by atoms with van der Waals surface area (Å²) in [7, 11) is -4.68. The fraction of sp³-hybridized carbons (Fsp3) is 0.0625. The molecule has 1 aromatic heterocycles. The molecule has 0 atom stereocenters. The molecular weight excluding hydrogens is 359 g/mol. The lowest BCUT2D eigenvalue weighted by molar-refractivity contribution is -0.139. The number of hydrogen-bond acceptors (Lipinski definition) is 4. The van der Waals surface area contributed by atoms with Crippen molar-refractivity contribution in [3.05, 3.63) is 65.4 Å². The molecule has 5 nitrogen and oxygen atoms in total. The maximum Gasteiger partial charge on any atom is 0.417 e. The van der Waals surface area contributed by atoms with E-state index in [9.17, 15) is 26.4 Å². The maximum absolute atomic E-state index is 13.0. The Labute approximate surface area is 139 Å². The molecule has 0 spiro atoms. The second-order valence-corrected chi connectivity index (χ2v) is 6.76. The number of halogens is 3. The van der Waals surface area contributed by atoms with E-state index in [1.165, 1.54) is 6.07 Å². The second-order valence-electron chi connectivity index (χ2n) is 5.23.